The summed E-state index contributed by atoms with van der Waals surface area (Å²) >= 11 is 1.86. The number of furan rings is 2. The number of anilines is 6. The summed E-state index contributed by atoms with van der Waals surface area (Å²) in [5.41, 5.74) is 14.1. The zero-order valence-electron chi connectivity index (χ0n) is 39.4. The molecule has 15 aromatic rings. The Kier molecular flexibility index (Phi) is 9.41. The molecule has 0 unspecified atom stereocenters. The van der Waals surface area contributed by atoms with Crippen molar-refractivity contribution in [3.8, 4) is 22.3 Å². The summed E-state index contributed by atoms with van der Waals surface area (Å²) in [6, 6.07) is 91.6. The Labute approximate surface area is 424 Å². The second kappa shape index (κ2) is 16.6. The highest BCUT2D eigenvalue weighted by Crippen LogP contribution is 2.55. The van der Waals surface area contributed by atoms with Crippen molar-refractivity contribution in [2.75, 3.05) is 9.80 Å². The highest BCUT2D eigenvalue weighted by molar-refractivity contribution is 7.27. The molecule has 3 heterocycles. The molecule has 4 nitrogen and oxygen atoms in total. The van der Waals surface area contributed by atoms with Gasteiger partial charge in [0.1, 0.15) is 11.2 Å². The van der Waals surface area contributed by atoms with Crippen LogP contribution in [0, 0.1) is 0 Å². The molecule has 5 heteroatoms. The molecular weight excluding hydrogens is 909 g/mol. The lowest BCUT2D eigenvalue weighted by atomic mass is 9.97. The first-order valence-corrected chi connectivity index (χ1v) is 25.5. The highest BCUT2D eigenvalue weighted by atomic mass is 32.1. The number of thiophene rings is 1. The maximum Gasteiger partial charge on any atom is 0.159 e. The molecule has 0 aliphatic carbocycles. The fourth-order valence-corrected chi connectivity index (χ4v) is 12.6. The molecule has 0 aliphatic heterocycles. The molecule has 12 aromatic carbocycles. The largest absolute Gasteiger partial charge is 0.454 e. The van der Waals surface area contributed by atoms with Gasteiger partial charge in [-0.2, -0.15) is 0 Å². The molecule has 0 saturated heterocycles. The quantitative estimate of drug-likeness (QED) is 0.152. The lowest BCUT2D eigenvalue weighted by molar-refractivity contribution is 0.669. The molecular formula is C68H42N2O2S. The van der Waals surface area contributed by atoms with E-state index in [9.17, 15) is 0 Å². The summed E-state index contributed by atoms with van der Waals surface area (Å²) < 4.78 is 16.2. The van der Waals surface area contributed by atoms with Gasteiger partial charge in [-0.15, -0.1) is 11.3 Å². The maximum absolute atomic E-state index is 6.93. The summed E-state index contributed by atoms with van der Waals surface area (Å²) in [6.07, 6.45) is 0. The SMILES string of the molecule is c1ccc(-c2cccc(N(c3cccc4c3oc3ccccc34)c3cc4ccccc4c4c3sc3c(N(c5cccc(-c6ccccc6)c5)c5cccc6c5oc5ccccc56)cc5ccccc5c34)c2)cc1. The van der Waals surface area contributed by atoms with E-state index >= 15 is 0 Å². The fraction of sp³-hybridized carbons (Fsp3) is 0. The van der Waals surface area contributed by atoms with Crippen LogP contribution in [0.25, 0.3) is 108 Å². The Bertz CT molecular complexity index is 4350. The first-order valence-electron chi connectivity index (χ1n) is 24.7. The molecule has 0 aliphatic rings. The van der Waals surface area contributed by atoms with Crippen molar-refractivity contribution in [1.82, 2.24) is 0 Å². The van der Waals surface area contributed by atoms with E-state index in [2.05, 4.69) is 252 Å². The number of para-hydroxylation sites is 4. The van der Waals surface area contributed by atoms with Crippen LogP contribution in [-0.2, 0) is 0 Å². The number of rotatable bonds is 8. The van der Waals surface area contributed by atoms with Gasteiger partial charge in [0.05, 0.1) is 32.1 Å². The number of fused-ring (bicyclic) bond motifs is 13. The Hall–Kier alpha value is -9.42. The van der Waals surface area contributed by atoms with Crippen molar-refractivity contribution in [1.29, 1.82) is 0 Å². The summed E-state index contributed by atoms with van der Waals surface area (Å²) in [5, 5.41) is 11.5. The summed E-state index contributed by atoms with van der Waals surface area (Å²) in [5.74, 6) is 0. The zero-order chi connectivity index (χ0) is 48.0. The van der Waals surface area contributed by atoms with Crippen molar-refractivity contribution in [2.24, 2.45) is 0 Å². The molecule has 15 rings (SSSR count). The molecule has 73 heavy (non-hydrogen) atoms. The number of nitrogens with zero attached hydrogens (tertiary/aromatic N) is 2. The van der Waals surface area contributed by atoms with E-state index in [1.54, 1.807) is 0 Å². The van der Waals surface area contributed by atoms with Gasteiger partial charge in [-0.3, -0.25) is 0 Å². The van der Waals surface area contributed by atoms with E-state index in [1.165, 1.54) is 30.9 Å². The molecule has 0 saturated carbocycles. The van der Waals surface area contributed by atoms with E-state index in [4.69, 9.17) is 8.83 Å². The second-order valence-corrected chi connectivity index (χ2v) is 19.8. The van der Waals surface area contributed by atoms with E-state index in [0.717, 1.165) is 111 Å². The minimum atomic E-state index is 0.839. The topological polar surface area (TPSA) is 32.8 Å². The van der Waals surface area contributed by atoms with Crippen LogP contribution < -0.4 is 9.80 Å². The lowest BCUT2D eigenvalue weighted by Gasteiger charge is -2.27. The first-order chi connectivity index (χ1) is 36.2. The Morgan fingerprint density at radius 3 is 1.11 bits per heavy atom. The van der Waals surface area contributed by atoms with E-state index in [0.29, 0.717) is 0 Å². The monoisotopic (exact) mass is 950 g/mol. The molecule has 342 valence electrons. The van der Waals surface area contributed by atoms with Crippen LogP contribution >= 0.6 is 11.3 Å². The first kappa shape index (κ1) is 41.4. The average Bonchev–Trinajstić information content (AvgIpc) is 4.20. The predicted molar refractivity (Wildman–Crippen MR) is 309 cm³/mol. The number of hydrogen-bond acceptors (Lipinski definition) is 5. The van der Waals surface area contributed by atoms with Crippen molar-refractivity contribution in [2.45, 2.75) is 0 Å². The zero-order valence-corrected chi connectivity index (χ0v) is 40.2. The van der Waals surface area contributed by atoms with Crippen LogP contribution in [0.1, 0.15) is 0 Å². The van der Waals surface area contributed by atoms with Gasteiger partial charge in [-0.05, 0) is 104 Å². The lowest BCUT2D eigenvalue weighted by Crippen LogP contribution is -2.10. The van der Waals surface area contributed by atoms with E-state index in [-0.39, 0.29) is 0 Å². The molecule has 0 bridgehead atoms. The smallest absolute Gasteiger partial charge is 0.159 e. The third-order valence-corrected chi connectivity index (χ3v) is 15.8. The van der Waals surface area contributed by atoms with Gasteiger partial charge in [0.2, 0.25) is 0 Å². The van der Waals surface area contributed by atoms with Gasteiger partial charge >= 0.3 is 0 Å². The second-order valence-electron chi connectivity index (χ2n) is 18.8. The maximum atomic E-state index is 6.93. The van der Waals surface area contributed by atoms with Gasteiger partial charge in [0, 0.05) is 43.7 Å². The van der Waals surface area contributed by atoms with Crippen LogP contribution in [-0.4, -0.2) is 0 Å². The van der Waals surface area contributed by atoms with Crippen molar-refractivity contribution in [3.63, 3.8) is 0 Å². The average molecular weight is 951 g/mol. The van der Waals surface area contributed by atoms with Gasteiger partial charge < -0.3 is 18.6 Å². The van der Waals surface area contributed by atoms with Gasteiger partial charge in [-0.1, -0.05) is 194 Å². The number of hydrogen-bond donors (Lipinski definition) is 0. The molecule has 3 aromatic heterocycles. The van der Waals surface area contributed by atoms with E-state index < -0.39 is 0 Å². The van der Waals surface area contributed by atoms with Gasteiger partial charge in [0.25, 0.3) is 0 Å². The molecule has 0 atom stereocenters. The van der Waals surface area contributed by atoms with Gasteiger partial charge in [0.15, 0.2) is 11.2 Å². The molecule has 0 amide bonds. The minimum absolute atomic E-state index is 0.839. The molecule has 0 spiro atoms. The Balaban J connectivity index is 1.08. The van der Waals surface area contributed by atoms with Crippen molar-refractivity contribution in [3.05, 3.63) is 255 Å². The van der Waals surface area contributed by atoms with Crippen molar-refractivity contribution < 1.29 is 8.83 Å². The van der Waals surface area contributed by atoms with Crippen LogP contribution in [0.2, 0.25) is 0 Å². The van der Waals surface area contributed by atoms with Crippen LogP contribution in [0.15, 0.2) is 264 Å². The predicted octanol–water partition coefficient (Wildman–Crippen LogP) is 20.4. The van der Waals surface area contributed by atoms with Crippen LogP contribution in [0.5, 0.6) is 0 Å². The standard InChI is InChI=1S/C68H42N2O2S/c1-3-19-43(20-4-1)45-25-15-27-49(39-45)69(57-35-17-33-55-53-31-11-13-37-61(53)71-65(55)57)59-41-47-23-7-9-29-51(47)63-64-52-30-10-8-24-48(52)42-60(68(64)73-67(59)63)70(50-28-16-26-46(40-50)44-21-5-2-6-22-44)58-36-18-34-56-54-32-12-14-38-62(54)72-66(56)58/h1-42H. The molecule has 0 radical (unpaired) electrons. The fourth-order valence-electron chi connectivity index (χ4n) is 11.3. The van der Waals surface area contributed by atoms with Crippen LogP contribution in [0.3, 0.4) is 0 Å². The molecule has 0 fully saturated rings. The highest BCUT2D eigenvalue weighted by Gasteiger charge is 2.28. The summed E-state index contributed by atoms with van der Waals surface area (Å²) in [7, 11) is 0. The third kappa shape index (κ3) is 6.60. The Morgan fingerprint density at radius 1 is 0.274 bits per heavy atom. The Morgan fingerprint density at radius 2 is 0.644 bits per heavy atom. The van der Waals surface area contributed by atoms with Crippen molar-refractivity contribution >= 4 is 131 Å². The van der Waals surface area contributed by atoms with E-state index in [1.807, 2.05) is 23.5 Å². The summed E-state index contributed by atoms with van der Waals surface area (Å²) in [6.45, 7) is 0. The van der Waals surface area contributed by atoms with Gasteiger partial charge in [-0.25, -0.2) is 0 Å². The van der Waals surface area contributed by atoms with Crippen LogP contribution in [0.4, 0.5) is 34.1 Å². The molecule has 0 N–H and O–H groups in total. The normalized spacial score (nSPS) is 11.8. The minimum Gasteiger partial charge on any atom is -0.454 e. The third-order valence-electron chi connectivity index (χ3n) is 14.6. The summed E-state index contributed by atoms with van der Waals surface area (Å²) in [4.78, 5) is 4.89. The number of benzene rings is 12.